The highest BCUT2D eigenvalue weighted by atomic mass is 15.2. The van der Waals surface area contributed by atoms with E-state index in [1.165, 1.54) is 33.6 Å². The summed E-state index contributed by atoms with van der Waals surface area (Å²) in [5.41, 5.74) is 11.8. The zero-order valence-corrected chi connectivity index (χ0v) is 21.5. The molecule has 0 amide bonds. The van der Waals surface area contributed by atoms with E-state index in [1.54, 1.807) is 0 Å². The maximum Gasteiger partial charge on any atom is 0.0702 e. The molecule has 0 fully saturated rings. The van der Waals surface area contributed by atoms with E-state index >= 15 is 0 Å². The summed E-state index contributed by atoms with van der Waals surface area (Å²) in [5.74, 6) is 0. The van der Waals surface area contributed by atoms with Gasteiger partial charge in [-0.15, -0.1) is 0 Å². The number of fused-ring (bicyclic) bond motifs is 2. The highest BCUT2D eigenvalue weighted by Gasteiger charge is 2.37. The van der Waals surface area contributed by atoms with Crippen LogP contribution in [-0.2, 0) is 5.41 Å². The van der Waals surface area contributed by atoms with Gasteiger partial charge in [0.25, 0.3) is 0 Å². The molecule has 2 heterocycles. The summed E-state index contributed by atoms with van der Waals surface area (Å²) in [6.45, 7) is 12.7. The lowest BCUT2D eigenvalue weighted by molar-refractivity contribution is 0.631. The minimum Gasteiger partial charge on any atom is -0.310 e. The molecule has 5 rings (SSSR count). The highest BCUT2D eigenvalue weighted by molar-refractivity contribution is 5.88. The number of allylic oxidation sites excluding steroid dienone is 5. The first-order valence-electron chi connectivity index (χ1n) is 12.5. The quantitative estimate of drug-likeness (QED) is 0.271. The molecule has 0 bridgehead atoms. The second kappa shape index (κ2) is 9.47. The fourth-order valence-electron chi connectivity index (χ4n) is 5.18. The monoisotopic (exact) mass is 468 g/mol. The van der Waals surface area contributed by atoms with Crippen LogP contribution in [0.3, 0.4) is 0 Å². The maximum atomic E-state index is 4.61. The first kappa shape index (κ1) is 23.6. The molecular weight excluding hydrogens is 436 g/mol. The van der Waals surface area contributed by atoms with Crippen LogP contribution in [0.4, 0.5) is 17.1 Å². The highest BCUT2D eigenvalue weighted by Crippen LogP contribution is 2.52. The normalized spacial score (nSPS) is 14.4. The van der Waals surface area contributed by atoms with Crippen LogP contribution in [-0.4, -0.2) is 4.98 Å². The fourth-order valence-corrected chi connectivity index (χ4v) is 5.18. The molecule has 0 unspecified atom stereocenters. The molecule has 1 aliphatic rings. The van der Waals surface area contributed by atoms with Crippen molar-refractivity contribution in [1.29, 1.82) is 0 Å². The van der Waals surface area contributed by atoms with Crippen LogP contribution in [0.2, 0.25) is 0 Å². The van der Waals surface area contributed by atoms with Gasteiger partial charge in [0.1, 0.15) is 0 Å². The topological polar surface area (TPSA) is 16.1 Å². The molecule has 178 valence electrons. The van der Waals surface area contributed by atoms with E-state index in [4.69, 9.17) is 0 Å². The number of pyridine rings is 1. The molecule has 2 nitrogen and oxygen atoms in total. The summed E-state index contributed by atoms with van der Waals surface area (Å²) in [5, 5.41) is 0. The Morgan fingerprint density at radius 2 is 1.61 bits per heavy atom. The van der Waals surface area contributed by atoms with Crippen LogP contribution >= 0.6 is 0 Å². The van der Waals surface area contributed by atoms with Gasteiger partial charge in [-0.2, -0.15) is 0 Å². The largest absolute Gasteiger partial charge is 0.310 e. The van der Waals surface area contributed by atoms with E-state index in [2.05, 4.69) is 116 Å². The number of rotatable bonds is 5. The van der Waals surface area contributed by atoms with Crippen LogP contribution in [0.5, 0.6) is 0 Å². The average Bonchev–Trinajstić information content (AvgIpc) is 2.90. The SMILES string of the molecule is C=C/C=C(\C=C/C)c1ccc(N2c3ccc(C)cc3C(C)(C)c3cc(-c4ccccn4)ccc32)cc1. The summed E-state index contributed by atoms with van der Waals surface area (Å²) in [6.07, 6.45) is 9.92. The van der Waals surface area contributed by atoms with Crippen molar-refractivity contribution in [3.05, 3.63) is 138 Å². The molecule has 3 aromatic carbocycles. The van der Waals surface area contributed by atoms with Crippen molar-refractivity contribution >= 4 is 22.6 Å². The Hall–Kier alpha value is -4.17. The molecule has 0 radical (unpaired) electrons. The zero-order chi connectivity index (χ0) is 25.3. The van der Waals surface area contributed by atoms with Gasteiger partial charge in [0.05, 0.1) is 17.1 Å². The van der Waals surface area contributed by atoms with Crippen molar-refractivity contribution in [2.45, 2.75) is 33.1 Å². The van der Waals surface area contributed by atoms with Crippen LogP contribution in [0.1, 0.15) is 43.0 Å². The Kier molecular flexibility index (Phi) is 6.20. The van der Waals surface area contributed by atoms with Crippen LogP contribution in [0.25, 0.3) is 16.8 Å². The van der Waals surface area contributed by atoms with E-state index in [0.29, 0.717) is 0 Å². The smallest absolute Gasteiger partial charge is 0.0702 e. The van der Waals surface area contributed by atoms with E-state index in [9.17, 15) is 0 Å². The minimum atomic E-state index is -0.149. The molecule has 1 aromatic heterocycles. The lowest BCUT2D eigenvalue weighted by Crippen LogP contribution is -2.30. The molecule has 0 saturated carbocycles. The van der Waals surface area contributed by atoms with Gasteiger partial charge in [-0.25, -0.2) is 0 Å². The molecule has 0 spiro atoms. The summed E-state index contributed by atoms with van der Waals surface area (Å²) in [4.78, 5) is 7.00. The zero-order valence-electron chi connectivity index (χ0n) is 21.5. The number of aromatic nitrogens is 1. The van der Waals surface area contributed by atoms with Gasteiger partial charge < -0.3 is 4.90 Å². The van der Waals surface area contributed by atoms with Gasteiger partial charge in [0.15, 0.2) is 0 Å². The van der Waals surface area contributed by atoms with Gasteiger partial charge >= 0.3 is 0 Å². The van der Waals surface area contributed by atoms with Gasteiger partial charge in [0, 0.05) is 22.9 Å². The van der Waals surface area contributed by atoms with Crippen molar-refractivity contribution in [2.24, 2.45) is 0 Å². The Morgan fingerprint density at radius 3 is 2.28 bits per heavy atom. The number of benzene rings is 3. The third-order valence-corrected chi connectivity index (χ3v) is 7.04. The Labute approximate surface area is 215 Å². The average molecular weight is 469 g/mol. The number of hydrogen-bond acceptors (Lipinski definition) is 2. The summed E-state index contributed by atoms with van der Waals surface area (Å²) in [6, 6.07) is 28.5. The first-order valence-corrected chi connectivity index (χ1v) is 12.5. The lowest BCUT2D eigenvalue weighted by Gasteiger charge is -2.42. The van der Waals surface area contributed by atoms with E-state index in [1.807, 2.05) is 37.4 Å². The Balaban J connectivity index is 1.69. The molecule has 0 saturated heterocycles. The summed E-state index contributed by atoms with van der Waals surface area (Å²) in [7, 11) is 0. The van der Waals surface area contributed by atoms with Crippen molar-refractivity contribution in [1.82, 2.24) is 4.98 Å². The number of aryl methyl sites for hydroxylation is 1. The molecule has 36 heavy (non-hydrogen) atoms. The third kappa shape index (κ3) is 4.09. The number of anilines is 3. The van der Waals surface area contributed by atoms with Crippen molar-refractivity contribution < 1.29 is 0 Å². The molecular formula is C34H32N2. The molecule has 0 aliphatic carbocycles. The molecule has 1 aliphatic heterocycles. The molecule has 2 heteroatoms. The van der Waals surface area contributed by atoms with E-state index in [-0.39, 0.29) is 5.41 Å². The predicted octanol–water partition coefficient (Wildman–Crippen LogP) is 9.31. The second-order valence-corrected chi connectivity index (χ2v) is 9.83. The van der Waals surface area contributed by atoms with E-state index < -0.39 is 0 Å². The van der Waals surface area contributed by atoms with E-state index in [0.717, 1.165) is 22.5 Å². The predicted molar refractivity (Wildman–Crippen MR) is 154 cm³/mol. The molecule has 0 atom stereocenters. The summed E-state index contributed by atoms with van der Waals surface area (Å²) < 4.78 is 0. The van der Waals surface area contributed by atoms with Crippen molar-refractivity contribution in [3.63, 3.8) is 0 Å². The van der Waals surface area contributed by atoms with Crippen LogP contribution in [0, 0.1) is 6.92 Å². The maximum absolute atomic E-state index is 4.61. The fraction of sp³-hybridized carbons (Fsp3) is 0.147. The van der Waals surface area contributed by atoms with Gasteiger partial charge in [0.2, 0.25) is 0 Å². The third-order valence-electron chi connectivity index (χ3n) is 7.04. The van der Waals surface area contributed by atoms with Crippen LogP contribution in [0.15, 0.2) is 116 Å². The summed E-state index contributed by atoms with van der Waals surface area (Å²) >= 11 is 0. The standard InChI is InChI=1S/C34H32N2/c1-6-10-25(11-7-2)26-14-17-28(18-15-26)36-32-19-13-24(3)22-29(32)34(4,5)30-23-27(16-20-33(30)36)31-12-8-9-21-35-31/h6-23H,1H2,2-5H3/b11-7-,25-10+. The van der Waals surface area contributed by atoms with Gasteiger partial charge in [-0.3, -0.25) is 4.98 Å². The Bertz CT molecular complexity index is 1470. The van der Waals surface area contributed by atoms with Crippen LogP contribution < -0.4 is 4.90 Å². The van der Waals surface area contributed by atoms with Crippen molar-refractivity contribution in [3.8, 4) is 11.3 Å². The van der Waals surface area contributed by atoms with Crippen molar-refractivity contribution in [2.75, 3.05) is 4.90 Å². The van der Waals surface area contributed by atoms with Gasteiger partial charge in [-0.1, -0.05) is 86.7 Å². The Morgan fingerprint density at radius 1 is 0.889 bits per heavy atom. The van der Waals surface area contributed by atoms with Gasteiger partial charge in [-0.05, 0) is 78.6 Å². The minimum absolute atomic E-state index is 0.149. The molecule has 0 N–H and O–H groups in total. The molecule has 4 aromatic rings. The second-order valence-electron chi connectivity index (χ2n) is 9.83. The first-order chi connectivity index (χ1) is 17.4. The lowest BCUT2D eigenvalue weighted by atomic mass is 9.72. The number of hydrogen-bond donors (Lipinski definition) is 0. The number of nitrogens with zero attached hydrogens (tertiary/aromatic N) is 2.